The molecule has 2 heterocycles. The lowest BCUT2D eigenvalue weighted by Gasteiger charge is -2.14. The second kappa shape index (κ2) is 10.3. The van der Waals surface area contributed by atoms with E-state index in [-0.39, 0.29) is 17.1 Å². The Morgan fingerprint density at radius 3 is 2.32 bits per heavy atom. The highest BCUT2D eigenvalue weighted by molar-refractivity contribution is 7.99. The number of nitrogens with one attached hydrogen (secondary N) is 1. The average molecular weight is 475 g/mol. The average Bonchev–Trinajstić information content (AvgIpc) is 3.43. The van der Waals surface area contributed by atoms with E-state index >= 15 is 0 Å². The highest BCUT2D eigenvalue weighted by atomic mass is 32.2. The summed E-state index contributed by atoms with van der Waals surface area (Å²) in [7, 11) is 0. The fourth-order valence-corrected chi connectivity index (χ4v) is 4.39. The molecular weight excluding hydrogens is 444 g/mol. The maximum atomic E-state index is 12.9. The second-order valence-electron chi connectivity index (χ2n) is 9.05. The molecule has 0 bridgehead atoms. The Labute approximate surface area is 204 Å². The molecule has 34 heavy (non-hydrogen) atoms. The van der Waals surface area contributed by atoms with E-state index in [9.17, 15) is 4.79 Å². The maximum absolute atomic E-state index is 12.9. The van der Waals surface area contributed by atoms with E-state index in [2.05, 4.69) is 59.9 Å². The Balaban J connectivity index is 1.47. The fraction of sp³-hybridized carbons (Fsp3) is 0.308. The van der Waals surface area contributed by atoms with Crippen LogP contribution >= 0.6 is 11.8 Å². The second-order valence-corrected chi connectivity index (χ2v) is 10.00. The zero-order valence-electron chi connectivity index (χ0n) is 20.0. The summed E-state index contributed by atoms with van der Waals surface area (Å²) < 4.78 is 3.85. The topological polar surface area (TPSA) is 77.6 Å². The van der Waals surface area contributed by atoms with Crippen molar-refractivity contribution in [3.8, 4) is 5.69 Å². The number of carbonyl (C=O) groups excluding carboxylic acids is 1. The number of thioether (sulfide) groups is 1. The molecule has 0 spiro atoms. The zero-order valence-corrected chi connectivity index (χ0v) is 20.8. The summed E-state index contributed by atoms with van der Waals surface area (Å²) in [6, 6.07) is 22.0. The van der Waals surface area contributed by atoms with Gasteiger partial charge in [0.1, 0.15) is 11.6 Å². The molecule has 0 radical (unpaired) electrons. The van der Waals surface area contributed by atoms with Crippen molar-refractivity contribution >= 4 is 23.5 Å². The number of benzene rings is 2. The molecule has 7 nitrogen and oxygen atoms in total. The lowest BCUT2D eigenvalue weighted by molar-refractivity contribution is -0.113. The monoisotopic (exact) mass is 474 g/mol. The van der Waals surface area contributed by atoms with Crippen molar-refractivity contribution < 1.29 is 4.79 Å². The first-order valence-electron chi connectivity index (χ1n) is 11.4. The van der Waals surface area contributed by atoms with Gasteiger partial charge in [-0.15, -0.1) is 10.2 Å². The van der Waals surface area contributed by atoms with Gasteiger partial charge in [-0.2, -0.15) is 5.10 Å². The van der Waals surface area contributed by atoms with Gasteiger partial charge in [-0.1, -0.05) is 81.1 Å². The molecule has 0 aliphatic heterocycles. The molecule has 0 aliphatic carbocycles. The Hall–Kier alpha value is -3.39. The van der Waals surface area contributed by atoms with Gasteiger partial charge in [0, 0.05) is 24.4 Å². The Morgan fingerprint density at radius 1 is 1.00 bits per heavy atom. The van der Waals surface area contributed by atoms with Crippen LogP contribution in [-0.4, -0.2) is 36.2 Å². The minimum Gasteiger partial charge on any atom is -0.310 e. The Morgan fingerprint density at radius 2 is 1.68 bits per heavy atom. The summed E-state index contributed by atoms with van der Waals surface area (Å²) in [5.41, 5.74) is 2.86. The molecule has 1 amide bonds. The molecule has 2 aromatic carbocycles. The lowest BCUT2D eigenvalue weighted by atomic mass is 9.92. The molecule has 0 atom stereocenters. The first kappa shape index (κ1) is 23.8. The van der Waals surface area contributed by atoms with Gasteiger partial charge in [-0.25, -0.2) is 4.68 Å². The van der Waals surface area contributed by atoms with Crippen LogP contribution in [0.4, 0.5) is 5.82 Å². The highest BCUT2D eigenvalue weighted by Gasteiger charge is 2.22. The molecule has 1 N–H and O–H groups in total. The van der Waals surface area contributed by atoms with Crippen molar-refractivity contribution in [2.45, 2.75) is 51.2 Å². The van der Waals surface area contributed by atoms with Gasteiger partial charge < -0.3 is 9.88 Å². The van der Waals surface area contributed by atoms with Gasteiger partial charge in [-0.05, 0) is 24.6 Å². The molecule has 176 valence electrons. The van der Waals surface area contributed by atoms with Crippen molar-refractivity contribution in [3.05, 3.63) is 83.8 Å². The van der Waals surface area contributed by atoms with Crippen LogP contribution in [0.2, 0.25) is 0 Å². The number of hydrogen-bond donors (Lipinski definition) is 1. The van der Waals surface area contributed by atoms with Crippen LogP contribution < -0.4 is 5.32 Å². The minimum absolute atomic E-state index is 0.113. The van der Waals surface area contributed by atoms with Crippen LogP contribution in [0.15, 0.2) is 71.9 Å². The van der Waals surface area contributed by atoms with E-state index in [1.165, 1.54) is 17.3 Å². The van der Waals surface area contributed by atoms with Gasteiger partial charge >= 0.3 is 0 Å². The maximum Gasteiger partial charge on any atom is 0.236 e. The molecule has 4 aromatic rings. The molecule has 0 saturated heterocycles. The largest absolute Gasteiger partial charge is 0.310 e. The summed E-state index contributed by atoms with van der Waals surface area (Å²) >= 11 is 1.39. The third-order valence-corrected chi connectivity index (χ3v) is 6.36. The molecule has 0 fully saturated rings. The summed E-state index contributed by atoms with van der Waals surface area (Å²) in [6.45, 7) is 9.13. The number of nitrogens with zero attached hydrogens (tertiary/aromatic N) is 5. The van der Waals surface area contributed by atoms with Crippen LogP contribution in [0.3, 0.4) is 0 Å². The molecule has 0 aliphatic rings. The highest BCUT2D eigenvalue weighted by Crippen LogP contribution is 2.27. The van der Waals surface area contributed by atoms with Crippen molar-refractivity contribution in [3.63, 3.8) is 0 Å². The summed E-state index contributed by atoms with van der Waals surface area (Å²) in [5.74, 6) is 1.67. The Bertz CT molecular complexity index is 1240. The third kappa shape index (κ3) is 5.56. The minimum atomic E-state index is -0.138. The molecular formula is C26H30N6OS. The fourth-order valence-electron chi connectivity index (χ4n) is 3.56. The smallest absolute Gasteiger partial charge is 0.236 e. The lowest BCUT2D eigenvalue weighted by Crippen LogP contribution is -2.17. The third-order valence-electron chi connectivity index (χ3n) is 5.39. The standard InChI is InChI=1S/C26H30N6OS/c1-5-31-23(16-19-12-8-6-9-13-19)28-29-25(31)34-18-24(33)27-22-17-21(26(2,3)4)30-32(22)20-14-10-7-11-15-20/h6-15,17H,5,16,18H2,1-4H3,(H,27,33). The van der Waals surface area contributed by atoms with Crippen LogP contribution in [0.1, 0.15) is 44.8 Å². The molecule has 0 saturated carbocycles. The first-order valence-corrected chi connectivity index (χ1v) is 12.4. The van der Waals surface area contributed by atoms with Crippen LogP contribution in [0.5, 0.6) is 0 Å². The van der Waals surface area contributed by atoms with E-state index in [1.54, 1.807) is 4.68 Å². The first-order chi connectivity index (χ1) is 16.3. The number of anilines is 1. The number of amides is 1. The summed E-state index contributed by atoms with van der Waals surface area (Å²) in [6.07, 6.45) is 0.709. The number of aromatic nitrogens is 5. The number of rotatable bonds is 8. The van der Waals surface area contributed by atoms with Gasteiger partial charge in [0.25, 0.3) is 0 Å². The van der Waals surface area contributed by atoms with E-state index in [4.69, 9.17) is 5.10 Å². The van der Waals surface area contributed by atoms with E-state index in [0.29, 0.717) is 12.2 Å². The van der Waals surface area contributed by atoms with Crippen LogP contribution in [-0.2, 0) is 23.2 Å². The van der Waals surface area contributed by atoms with Gasteiger partial charge in [-0.3, -0.25) is 4.79 Å². The zero-order chi connectivity index (χ0) is 24.1. The quantitative estimate of drug-likeness (QED) is 0.359. The molecule has 8 heteroatoms. The molecule has 0 unspecified atom stereocenters. The van der Waals surface area contributed by atoms with Gasteiger partial charge in [0.15, 0.2) is 5.16 Å². The van der Waals surface area contributed by atoms with Crippen molar-refractivity contribution in [1.82, 2.24) is 24.5 Å². The summed E-state index contributed by atoms with van der Waals surface area (Å²) in [4.78, 5) is 12.9. The molecule has 4 rings (SSSR count). The van der Waals surface area contributed by atoms with Gasteiger partial charge in [0.2, 0.25) is 5.91 Å². The number of hydrogen-bond acceptors (Lipinski definition) is 5. The normalized spacial score (nSPS) is 11.5. The van der Waals surface area contributed by atoms with E-state index < -0.39 is 0 Å². The number of para-hydroxylation sites is 1. The van der Waals surface area contributed by atoms with Crippen molar-refractivity contribution in [2.75, 3.05) is 11.1 Å². The predicted molar refractivity (Wildman–Crippen MR) is 137 cm³/mol. The SMILES string of the molecule is CCn1c(Cc2ccccc2)nnc1SCC(=O)Nc1cc(C(C)(C)C)nn1-c1ccccc1. The van der Waals surface area contributed by atoms with E-state index in [1.807, 2.05) is 54.6 Å². The predicted octanol–water partition coefficient (Wildman–Crippen LogP) is 5.10. The van der Waals surface area contributed by atoms with Gasteiger partial charge in [0.05, 0.1) is 17.1 Å². The number of carbonyl (C=O) groups is 1. The van der Waals surface area contributed by atoms with Crippen LogP contribution in [0.25, 0.3) is 5.69 Å². The Kier molecular flexibility index (Phi) is 7.17. The van der Waals surface area contributed by atoms with Crippen molar-refractivity contribution in [1.29, 1.82) is 0 Å². The summed E-state index contributed by atoms with van der Waals surface area (Å²) in [5, 5.41) is 17.3. The molecule has 2 aromatic heterocycles. The van der Waals surface area contributed by atoms with Crippen LogP contribution in [0, 0.1) is 0 Å². The van der Waals surface area contributed by atoms with Crippen molar-refractivity contribution in [2.24, 2.45) is 0 Å². The van der Waals surface area contributed by atoms with E-state index in [0.717, 1.165) is 28.9 Å².